The summed E-state index contributed by atoms with van der Waals surface area (Å²) in [5.74, 6) is 0.0841. The Morgan fingerprint density at radius 2 is 2.00 bits per heavy atom. The first-order chi connectivity index (χ1) is 14.6. The highest BCUT2D eigenvalue weighted by Gasteiger charge is 2.37. The molecule has 2 heterocycles. The van der Waals surface area contributed by atoms with Gasteiger partial charge in [-0.25, -0.2) is 4.79 Å². The van der Waals surface area contributed by atoms with Crippen LogP contribution in [0.1, 0.15) is 38.7 Å². The summed E-state index contributed by atoms with van der Waals surface area (Å²) in [7, 11) is 0. The molecule has 0 spiro atoms. The molecule has 0 saturated carbocycles. The molecule has 1 N–H and O–H groups in total. The zero-order valence-corrected chi connectivity index (χ0v) is 18.0. The lowest BCUT2D eigenvalue weighted by atomic mass is 9.85. The molecule has 2 aliphatic heterocycles. The summed E-state index contributed by atoms with van der Waals surface area (Å²) in [6.45, 7) is 7.58. The van der Waals surface area contributed by atoms with E-state index in [0.29, 0.717) is 45.1 Å². The van der Waals surface area contributed by atoms with Crippen LogP contribution in [0, 0.1) is 11.3 Å². The summed E-state index contributed by atoms with van der Waals surface area (Å²) in [4.78, 5) is 28.8. The fourth-order valence-electron chi connectivity index (χ4n) is 4.16. The van der Waals surface area contributed by atoms with Crippen molar-refractivity contribution >= 4 is 17.6 Å². The number of alkyl halides is 3. The highest BCUT2D eigenvalue weighted by molar-refractivity contribution is 5.89. The Morgan fingerprint density at radius 1 is 1.29 bits per heavy atom. The van der Waals surface area contributed by atoms with Gasteiger partial charge in [0.25, 0.3) is 0 Å². The topological polar surface area (TPSA) is 61.9 Å². The van der Waals surface area contributed by atoms with Gasteiger partial charge in [0, 0.05) is 38.5 Å². The molecule has 2 aliphatic rings. The zero-order chi connectivity index (χ0) is 22.6. The number of halogens is 3. The van der Waals surface area contributed by atoms with E-state index < -0.39 is 11.7 Å². The van der Waals surface area contributed by atoms with Gasteiger partial charge in [-0.2, -0.15) is 13.2 Å². The monoisotopic (exact) mass is 441 g/mol. The molecule has 0 bridgehead atoms. The lowest BCUT2D eigenvalue weighted by molar-refractivity contribution is -0.137. The maximum Gasteiger partial charge on any atom is 0.416 e. The average molecular weight is 441 g/mol. The van der Waals surface area contributed by atoms with E-state index in [4.69, 9.17) is 4.74 Å². The Kier molecular flexibility index (Phi) is 7.13. The van der Waals surface area contributed by atoms with E-state index in [-0.39, 0.29) is 23.3 Å². The highest BCUT2D eigenvalue weighted by atomic mass is 19.4. The van der Waals surface area contributed by atoms with Gasteiger partial charge in [0.1, 0.15) is 0 Å². The lowest BCUT2D eigenvalue weighted by Gasteiger charge is -2.30. The van der Waals surface area contributed by atoms with Crippen LogP contribution in [0.15, 0.2) is 24.3 Å². The predicted molar refractivity (Wildman–Crippen MR) is 111 cm³/mol. The number of amides is 3. The summed E-state index contributed by atoms with van der Waals surface area (Å²) in [6, 6.07) is 4.10. The van der Waals surface area contributed by atoms with E-state index in [0.717, 1.165) is 31.4 Å². The van der Waals surface area contributed by atoms with Crippen molar-refractivity contribution in [2.24, 2.45) is 11.3 Å². The Morgan fingerprint density at radius 3 is 2.58 bits per heavy atom. The van der Waals surface area contributed by atoms with Gasteiger partial charge in [0.15, 0.2) is 0 Å². The van der Waals surface area contributed by atoms with Crippen molar-refractivity contribution in [3.63, 3.8) is 0 Å². The lowest BCUT2D eigenvalue weighted by Crippen LogP contribution is -2.40. The summed E-state index contributed by atoms with van der Waals surface area (Å²) >= 11 is 0. The van der Waals surface area contributed by atoms with Gasteiger partial charge in [0.05, 0.1) is 18.1 Å². The first-order valence-electron chi connectivity index (χ1n) is 10.7. The van der Waals surface area contributed by atoms with Crippen molar-refractivity contribution in [1.82, 2.24) is 9.80 Å². The maximum atomic E-state index is 12.7. The fraction of sp³-hybridized carbons (Fsp3) is 0.636. The number of carbonyl (C=O) groups is 2. The minimum atomic E-state index is -4.40. The molecule has 6 nitrogen and oxygen atoms in total. The number of nitrogens with zero attached hydrogens (tertiary/aromatic N) is 2. The van der Waals surface area contributed by atoms with E-state index in [1.807, 2.05) is 11.8 Å². The SMILES string of the molecule is CCN(CCC1(C)CCN(C(=O)Nc2ccc(C(F)(F)F)cc2)C1)C(=O)C1CCOC1. The standard InChI is InChI=1S/C22H30F3N3O3/c1-3-27(19(29)16-8-13-31-14-16)11-9-21(2)10-12-28(15-21)20(30)26-18-6-4-17(5-7-18)22(23,24)25/h4-7,16H,3,8-15H2,1-2H3,(H,26,30). The Labute approximate surface area is 180 Å². The number of nitrogens with one attached hydrogen (secondary N) is 1. The minimum Gasteiger partial charge on any atom is -0.381 e. The molecule has 1 aromatic carbocycles. The van der Waals surface area contributed by atoms with Crippen LogP contribution in [0.3, 0.4) is 0 Å². The first kappa shape index (κ1) is 23.4. The molecule has 2 atom stereocenters. The second-order valence-corrected chi connectivity index (χ2v) is 8.72. The number of carbonyl (C=O) groups excluding carboxylic acids is 2. The normalized spacial score (nSPS) is 23.8. The highest BCUT2D eigenvalue weighted by Crippen LogP contribution is 2.34. The quantitative estimate of drug-likeness (QED) is 0.719. The summed E-state index contributed by atoms with van der Waals surface area (Å²) in [5.41, 5.74) is -0.538. The van der Waals surface area contributed by atoms with Crippen LogP contribution in [-0.2, 0) is 15.7 Å². The number of hydrogen-bond acceptors (Lipinski definition) is 3. The predicted octanol–water partition coefficient (Wildman–Crippen LogP) is 4.22. The second-order valence-electron chi connectivity index (χ2n) is 8.72. The van der Waals surface area contributed by atoms with Gasteiger partial charge >= 0.3 is 12.2 Å². The first-order valence-corrected chi connectivity index (χ1v) is 10.7. The smallest absolute Gasteiger partial charge is 0.381 e. The van der Waals surface area contributed by atoms with Crippen molar-refractivity contribution < 1.29 is 27.5 Å². The van der Waals surface area contributed by atoms with Crippen molar-refractivity contribution in [2.45, 2.75) is 39.3 Å². The molecule has 1 aromatic rings. The van der Waals surface area contributed by atoms with Crippen LogP contribution in [0.25, 0.3) is 0 Å². The van der Waals surface area contributed by atoms with E-state index in [2.05, 4.69) is 12.2 Å². The molecule has 0 radical (unpaired) electrons. The van der Waals surface area contributed by atoms with Crippen LogP contribution in [0.5, 0.6) is 0 Å². The number of likely N-dealkylation sites (tertiary alicyclic amines) is 1. The van der Waals surface area contributed by atoms with E-state index in [9.17, 15) is 22.8 Å². The van der Waals surface area contributed by atoms with E-state index in [1.54, 1.807) is 4.90 Å². The molecule has 3 amide bonds. The van der Waals surface area contributed by atoms with Gasteiger partial charge < -0.3 is 19.9 Å². The number of benzene rings is 1. The molecule has 0 aromatic heterocycles. The molecule has 9 heteroatoms. The summed E-state index contributed by atoms with van der Waals surface area (Å²) < 4.78 is 43.4. The summed E-state index contributed by atoms with van der Waals surface area (Å²) in [5, 5.41) is 2.67. The molecular formula is C22H30F3N3O3. The molecule has 2 saturated heterocycles. The molecule has 2 unspecified atom stereocenters. The molecular weight excluding hydrogens is 411 g/mol. The Balaban J connectivity index is 1.50. The molecule has 31 heavy (non-hydrogen) atoms. The fourth-order valence-corrected chi connectivity index (χ4v) is 4.16. The number of ether oxygens (including phenoxy) is 1. The minimum absolute atomic E-state index is 0.0534. The largest absolute Gasteiger partial charge is 0.416 e. The zero-order valence-electron chi connectivity index (χ0n) is 18.0. The van der Waals surface area contributed by atoms with Crippen LogP contribution in [0.2, 0.25) is 0 Å². The van der Waals surface area contributed by atoms with Gasteiger partial charge in [-0.3, -0.25) is 4.79 Å². The van der Waals surface area contributed by atoms with Gasteiger partial charge in [-0.05, 0) is 55.9 Å². The third kappa shape index (κ3) is 5.90. The van der Waals surface area contributed by atoms with Crippen LogP contribution in [0.4, 0.5) is 23.7 Å². The third-order valence-electron chi connectivity index (χ3n) is 6.27. The van der Waals surface area contributed by atoms with E-state index in [1.165, 1.54) is 12.1 Å². The van der Waals surface area contributed by atoms with Crippen molar-refractivity contribution in [1.29, 1.82) is 0 Å². The van der Waals surface area contributed by atoms with Crippen LogP contribution in [-0.4, -0.2) is 61.1 Å². The number of anilines is 1. The van der Waals surface area contributed by atoms with E-state index >= 15 is 0 Å². The van der Waals surface area contributed by atoms with Gasteiger partial charge in [0.2, 0.25) is 5.91 Å². The Hall–Kier alpha value is -2.29. The van der Waals surface area contributed by atoms with Crippen molar-refractivity contribution in [3.8, 4) is 0 Å². The van der Waals surface area contributed by atoms with Gasteiger partial charge in [-0.1, -0.05) is 6.92 Å². The number of rotatable bonds is 6. The molecule has 2 fully saturated rings. The maximum absolute atomic E-state index is 12.7. The van der Waals surface area contributed by atoms with Crippen LogP contribution < -0.4 is 5.32 Å². The second kappa shape index (κ2) is 9.46. The van der Waals surface area contributed by atoms with Gasteiger partial charge in [-0.15, -0.1) is 0 Å². The summed E-state index contributed by atoms with van der Waals surface area (Å²) in [6.07, 6.45) is -2.04. The molecule has 172 valence electrons. The van der Waals surface area contributed by atoms with Crippen molar-refractivity contribution in [3.05, 3.63) is 29.8 Å². The van der Waals surface area contributed by atoms with Crippen molar-refractivity contribution in [2.75, 3.05) is 44.7 Å². The van der Waals surface area contributed by atoms with Crippen LogP contribution >= 0.6 is 0 Å². The Bertz CT molecular complexity index is 778. The molecule has 0 aliphatic carbocycles. The third-order valence-corrected chi connectivity index (χ3v) is 6.27. The number of urea groups is 1. The number of hydrogen-bond donors (Lipinski definition) is 1. The molecule has 3 rings (SSSR count). The average Bonchev–Trinajstić information content (AvgIpc) is 3.38.